The predicted octanol–water partition coefficient (Wildman–Crippen LogP) is 5.24. The Bertz CT molecular complexity index is 1350. The van der Waals surface area contributed by atoms with Crippen LogP contribution in [0.25, 0.3) is 0 Å². The number of piperidine rings is 1. The van der Waals surface area contributed by atoms with E-state index in [9.17, 15) is 4.57 Å². The molecular formula is C30H40ClN6OP. The summed E-state index contributed by atoms with van der Waals surface area (Å²) in [4.78, 5) is 16.9. The first-order valence-electron chi connectivity index (χ1n) is 13.9. The lowest BCUT2D eigenvalue weighted by Crippen LogP contribution is -2.52. The van der Waals surface area contributed by atoms with Crippen molar-refractivity contribution in [1.82, 2.24) is 19.8 Å². The Morgan fingerprint density at radius 3 is 2.44 bits per heavy atom. The van der Waals surface area contributed by atoms with Gasteiger partial charge in [-0.2, -0.15) is 0 Å². The number of nitrogens with zero attached hydrogens (tertiary/aromatic N) is 5. The summed E-state index contributed by atoms with van der Waals surface area (Å²) < 4.78 is 12.8. The average molecular weight is 567 g/mol. The number of para-hydroxylation sites is 1. The molecule has 1 N–H and O–H groups in total. The normalized spacial score (nSPS) is 17.9. The van der Waals surface area contributed by atoms with Crippen molar-refractivity contribution < 1.29 is 4.57 Å². The van der Waals surface area contributed by atoms with Crippen LogP contribution in [0.1, 0.15) is 29.8 Å². The molecule has 9 heteroatoms. The predicted molar refractivity (Wildman–Crippen MR) is 164 cm³/mol. The molecule has 2 aromatic carbocycles. The summed E-state index contributed by atoms with van der Waals surface area (Å²) in [6, 6.07) is 15.1. The van der Waals surface area contributed by atoms with E-state index >= 15 is 0 Å². The van der Waals surface area contributed by atoms with Gasteiger partial charge in [-0.15, -0.1) is 0 Å². The standard InChI is InChI=1S/C30H40ClN6OP/c1-22-19-25(36-13-11-24(12-14-36)37-17-15-35(2)16-18-37)10-9-23(22)20-29-32-21-26(31)30(34-29)33-27-7-5-6-8-28(27)39(3,4)38/h5-10,19,21,24H,11-18,20H2,1-4H3,(H,32,33,34). The Kier molecular flexibility index (Phi) is 8.63. The number of rotatable bonds is 7. The first kappa shape index (κ1) is 28.1. The second-order valence-electron chi connectivity index (χ2n) is 11.3. The van der Waals surface area contributed by atoms with E-state index in [0.29, 0.717) is 29.1 Å². The second kappa shape index (κ2) is 12.0. The number of anilines is 3. The van der Waals surface area contributed by atoms with Crippen LogP contribution in [-0.4, -0.2) is 85.5 Å². The zero-order valence-electron chi connectivity index (χ0n) is 23.5. The summed E-state index contributed by atoms with van der Waals surface area (Å²) in [5.74, 6) is 1.22. The Morgan fingerprint density at radius 1 is 1.03 bits per heavy atom. The molecule has 0 atom stereocenters. The number of aryl methyl sites for hydroxylation is 1. The summed E-state index contributed by atoms with van der Waals surface area (Å²) in [6.45, 7) is 12.7. The van der Waals surface area contributed by atoms with Crippen LogP contribution in [0.15, 0.2) is 48.7 Å². The van der Waals surface area contributed by atoms with Gasteiger partial charge in [0.2, 0.25) is 0 Å². The highest BCUT2D eigenvalue weighted by molar-refractivity contribution is 7.70. The van der Waals surface area contributed by atoms with Gasteiger partial charge in [-0.1, -0.05) is 29.8 Å². The van der Waals surface area contributed by atoms with E-state index in [2.05, 4.69) is 57.2 Å². The van der Waals surface area contributed by atoms with Gasteiger partial charge in [0.1, 0.15) is 18.0 Å². The minimum absolute atomic E-state index is 0.433. The molecule has 39 heavy (non-hydrogen) atoms. The Labute approximate surface area is 238 Å². The quantitative estimate of drug-likeness (QED) is 0.393. The van der Waals surface area contributed by atoms with Crippen molar-refractivity contribution in [3.05, 3.63) is 70.6 Å². The summed E-state index contributed by atoms with van der Waals surface area (Å²) in [5.41, 5.74) is 4.50. The topological polar surface area (TPSA) is 64.6 Å². The third-order valence-electron chi connectivity index (χ3n) is 8.09. The molecule has 0 bridgehead atoms. The number of aromatic nitrogens is 2. The average Bonchev–Trinajstić information content (AvgIpc) is 2.92. The van der Waals surface area contributed by atoms with Gasteiger partial charge in [-0.25, -0.2) is 9.97 Å². The van der Waals surface area contributed by atoms with E-state index < -0.39 is 7.14 Å². The van der Waals surface area contributed by atoms with E-state index in [0.717, 1.165) is 24.1 Å². The van der Waals surface area contributed by atoms with Gasteiger partial charge in [-0.05, 0) is 75.5 Å². The molecule has 1 aromatic heterocycles. The third kappa shape index (κ3) is 6.83. The van der Waals surface area contributed by atoms with Gasteiger partial charge in [-0.3, -0.25) is 4.90 Å². The van der Waals surface area contributed by atoms with Crippen molar-refractivity contribution in [3.63, 3.8) is 0 Å². The van der Waals surface area contributed by atoms with Gasteiger partial charge < -0.3 is 19.7 Å². The summed E-state index contributed by atoms with van der Waals surface area (Å²) >= 11 is 6.45. The van der Waals surface area contributed by atoms with Crippen molar-refractivity contribution in [2.24, 2.45) is 0 Å². The molecule has 2 aliphatic heterocycles. The molecule has 208 valence electrons. The minimum atomic E-state index is -2.47. The fourth-order valence-electron chi connectivity index (χ4n) is 5.67. The Hall–Kier alpha value is -2.44. The van der Waals surface area contributed by atoms with Crippen LogP contribution >= 0.6 is 18.7 Å². The molecule has 0 saturated carbocycles. The molecule has 0 unspecified atom stereocenters. The lowest BCUT2D eigenvalue weighted by molar-refractivity contribution is 0.0982. The van der Waals surface area contributed by atoms with Crippen LogP contribution in [-0.2, 0) is 11.0 Å². The van der Waals surface area contributed by atoms with E-state index in [1.54, 1.807) is 19.5 Å². The zero-order chi connectivity index (χ0) is 27.6. The summed E-state index contributed by atoms with van der Waals surface area (Å²) in [5, 5.41) is 4.51. The van der Waals surface area contributed by atoms with Crippen molar-refractivity contribution in [2.45, 2.75) is 32.2 Å². The van der Waals surface area contributed by atoms with E-state index in [4.69, 9.17) is 16.6 Å². The monoisotopic (exact) mass is 566 g/mol. The molecule has 2 aliphatic rings. The van der Waals surface area contributed by atoms with E-state index in [-0.39, 0.29) is 0 Å². The molecule has 0 spiro atoms. The van der Waals surface area contributed by atoms with Gasteiger partial charge in [0.15, 0.2) is 5.82 Å². The molecule has 7 nitrogen and oxygen atoms in total. The molecular weight excluding hydrogens is 527 g/mol. The second-order valence-corrected chi connectivity index (χ2v) is 14.9. The first-order chi connectivity index (χ1) is 18.7. The van der Waals surface area contributed by atoms with Crippen LogP contribution in [0.3, 0.4) is 0 Å². The Morgan fingerprint density at radius 2 is 1.74 bits per heavy atom. The van der Waals surface area contributed by atoms with Crippen molar-refractivity contribution in [2.75, 3.05) is 69.9 Å². The number of piperazine rings is 1. The lowest BCUT2D eigenvalue weighted by atomic mass is 10.00. The van der Waals surface area contributed by atoms with Gasteiger partial charge in [0.25, 0.3) is 0 Å². The molecule has 3 aromatic rings. The van der Waals surface area contributed by atoms with Crippen LogP contribution in [0.4, 0.5) is 17.2 Å². The maximum absolute atomic E-state index is 12.8. The van der Waals surface area contributed by atoms with E-state index in [1.165, 1.54) is 55.8 Å². The molecule has 0 amide bonds. The fourth-order valence-corrected chi connectivity index (χ4v) is 6.97. The van der Waals surface area contributed by atoms with Crippen LogP contribution < -0.4 is 15.5 Å². The summed E-state index contributed by atoms with van der Waals surface area (Å²) in [6.07, 6.45) is 4.72. The highest BCUT2D eigenvalue weighted by Crippen LogP contribution is 2.38. The van der Waals surface area contributed by atoms with Gasteiger partial charge in [0.05, 0.1) is 11.9 Å². The van der Waals surface area contributed by atoms with Crippen molar-refractivity contribution >= 4 is 41.2 Å². The molecule has 0 radical (unpaired) electrons. The summed E-state index contributed by atoms with van der Waals surface area (Å²) in [7, 11) is -0.247. The molecule has 3 heterocycles. The largest absolute Gasteiger partial charge is 0.371 e. The van der Waals surface area contributed by atoms with Crippen molar-refractivity contribution in [1.29, 1.82) is 0 Å². The SMILES string of the molecule is Cc1cc(N2CCC(N3CCN(C)CC3)CC2)ccc1Cc1ncc(Cl)c(Nc2ccccc2P(C)(C)=O)n1. The number of nitrogens with one attached hydrogen (secondary N) is 1. The highest BCUT2D eigenvalue weighted by atomic mass is 35.5. The van der Waals surface area contributed by atoms with Crippen LogP contribution in [0.5, 0.6) is 0 Å². The maximum Gasteiger partial charge on any atom is 0.153 e. The lowest BCUT2D eigenvalue weighted by Gasteiger charge is -2.42. The molecule has 0 aliphatic carbocycles. The maximum atomic E-state index is 12.8. The van der Waals surface area contributed by atoms with Crippen LogP contribution in [0.2, 0.25) is 5.02 Å². The van der Waals surface area contributed by atoms with E-state index in [1.807, 2.05) is 24.3 Å². The minimum Gasteiger partial charge on any atom is -0.371 e. The van der Waals surface area contributed by atoms with Crippen LogP contribution in [0, 0.1) is 6.92 Å². The number of benzene rings is 2. The number of likely N-dealkylation sites (N-methyl/N-ethyl adjacent to an activating group) is 1. The zero-order valence-corrected chi connectivity index (χ0v) is 25.2. The van der Waals surface area contributed by atoms with Gasteiger partial charge >= 0.3 is 0 Å². The molecule has 2 fully saturated rings. The highest BCUT2D eigenvalue weighted by Gasteiger charge is 2.27. The molecule has 5 rings (SSSR count). The smallest absolute Gasteiger partial charge is 0.153 e. The fraction of sp³-hybridized carbons (Fsp3) is 0.467. The van der Waals surface area contributed by atoms with Crippen molar-refractivity contribution in [3.8, 4) is 0 Å². The number of hydrogen-bond donors (Lipinski definition) is 1. The Balaban J connectivity index is 1.24. The number of halogens is 1. The first-order valence-corrected chi connectivity index (χ1v) is 16.9. The van der Waals surface area contributed by atoms with Gasteiger partial charge in [0, 0.05) is 62.7 Å². The number of hydrogen-bond acceptors (Lipinski definition) is 7. The molecule has 2 saturated heterocycles. The third-order valence-corrected chi connectivity index (χ3v) is 9.92.